The number of allylic oxidation sites excluding steroid dienone is 3. The maximum Gasteiger partial charge on any atom is 0.162 e. The third kappa shape index (κ3) is 3.61. The minimum Gasteiger partial charge on any atom is -0.352 e. The van der Waals surface area contributed by atoms with E-state index in [2.05, 4.69) is 47.1 Å². The quantitative estimate of drug-likeness (QED) is 0.699. The molecule has 0 radical (unpaired) electrons. The number of benzene rings is 1. The minimum atomic E-state index is -0.340. The van der Waals surface area contributed by atoms with Crippen molar-refractivity contribution < 1.29 is 4.79 Å². The summed E-state index contributed by atoms with van der Waals surface area (Å²) in [7, 11) is 0. The molecular weight excluding hydrogens is 408 g/mol. The number of carbonyl (C=O) groups is 1. The van der Waals surface area contributed by atoms with E-state index in [1.807, 2.05) is 24.3 Å². The van der Waals surface area contributed by atoms with Gasteiger partial charge in [0.15, 0.2) is 5.78 Å². The number of nitrogens with zero attached hydrogens (tertiary/aromatic N) is 1. The van der Waals surface area contributed by atoms with Crippen LogP contribution in [0.2, 0.25) is 0 Å². The summed E-state index contributed by atoms with van der Waals surface area (Å²) in [4.78, 5) is 13.0. The zero-order valence-electron chi connectivity index (χ0n) is 14.7. The summed E-state index contributed by atoms with van der Waals surface area (Å²) in [5, 5.41) is 14.0. The van der Waals surface area contributed by atoms with E-state index in [-0.39, 0.29) is 17.1 Å². The Morgan fingerprint density at radius 1 is 1.35 bits per heavy atom. The molecule has 5 heteroatoms. The maximum atomic E-state index is 13.0. The van der Waals surface area contributed by atoms with Gasteiger partial charge >= 0.3 is 0 Å². The van der Waals surface area contributed by atoms with Crippen molar-refractivity contribution in [1.29, 1.82) is 5.26 Å². The first-order valence-electron chi connectivity index (χ1n) is 8.35. The largest absolute Gasteiger partial charge is 0.352 e. The van der Waals surface area contributed by atoms with E-state index in [9.17, 15) is 10.1 Å². The van der Waals surface area contributed by atoms with E-state index in [0.29, 0.717) is 17.7 Å². The van der Waals surface area contributed by atoms with Crippen LogP contribution >= 0.6 is 27.7 Å². The number of hydrogen-bond acceptors (Lipinski definition) is 4. The molecule has 2 aliphatic rings. The van der Waals surface area contributed by atoms with Gasteiger partial charge in [-0.05, 0) is 29.5 Å². The fourth-order valence-electron chi connectivity index (χ4n) is 3.59. The standard InChI is InChI=1S/C21H19BrN2OS/c1-4-9-26-20-15(12-23)18(13-5-7-14(22)8-6-13)19-16(24-20)10-21(2,3)11-17(19)25/h1,5-8,18,24H,9-11H2,2-3H3. The Morgan fingerprint density at radius 3 is 2.65 bits per heavy atom. The number of carbonyl (C=O) groups excluding carboxylic acids is 1. The van der Waals surface area contributed by atoms with Crippen LogP contribution in [0, 0.1) is 29.1 Å². The fourth-order valence-corrected chi connectivity index (χ4v) is 4.60. The molecule has 3 nitrogen and oxygen atoms in total. The maximum absolute atomic E-state index is 13.0. The number of nitrogens with one attached hydrogen (secondary N) is 1. The van der Waals surface area contributed by atoms with Gasteiger partial charge in [0.05, 0.1) is 28.3 Å². The summed E-state index contributed by atoms with van der Waals surface area (Å²) < 4.78 is 0.963. The van der Waals surface area contributed by atoms with Crippen LogP contribution in [0.25, 0.3) is 0 Å². The highest BCUT2D eigenvalue weighted by molar-refractivity contribution is 9.10. The lowest BCUT2D eigenvalue weighted by molar-refractivity contribution is -0.118. The van der Waals surface area contributed by atoms with Gasteiger partial charge in [0.2, 0.25) is 0 Å². The Morgan fingerprint density at radius 2 is 2.04 bits per heavy atom. The average molecular weight is 427 g/mol. The Labute approximate surface area is 167 Å². The van der Waals surface area contributed by atoms with Crippen LogP contribution in [0.3, 0.4) is 0 Å². The van der Waals surface area contributed by atoms with Gasteiger partial charge < -0.3 is 5.32 Å². The van der Waals surface area contributed by atoms with Crippen LogP contribution in [0.5, 0.6) is 0 Å². The van der Waals surface area contributed by atoms with Gasteiger partial charge in [-0.25, -0.2) is 0 Å². The van der Waals surface area contributed by atoms with E-state index in [1.54, 1.807) is 0 Å². The summed E-state index contributed by atoms with van der Waals surface area (Å²) >= 11 is 4.89. The normalized spacial score (nSPS) is 21.6. The molecule has 0 amide bonds. The van der Waals surface area contributed by atoms with E-state index in [1.165, 1.54) is 11.8 Å². The summed E-state index contributed by atoms with van der Waals surface area (Å²) in [6, 6.07) is 10.2. The summed E-state index contributed by atoms with van der Waals surface area (Å²) in [5.74, 6) is 2.86. The van der Waals surface area contributed by atoms with Crippen LogP contribution in [0.1, 0.15) is 38.2 Å². The summed E-state index contributed by atoms with van der Waals surface area (Å²) in [6.45, 7) is 4.20. The van der Waals surface area contributed by atoms with Gasteiger partial charge in [0.25, 0.3) is 0 Å². The molecule has 1 aliphatic heterocycles. The molecule has 0 bridgehead atoms. The molecule has 0 spiro atoms. The van der Waals surface area contributed by atoms with E-state index in [4.69, 9.17) is 6.42 Å². The highest BCUT2D eigenvalue weighted by Gasteiger charge is 2.41. The first-order chi connectivity index (χ1) is 12.4. The second kappa shape index (κ2) is 7.35. The van der Waals surface area contributed by atoms with Crippen molar-refractivity contribution in [3.05, 3.63) is 56.2 Å². The van der Waals surface area contributed by atoms with Gasteiger partial charge in [-0.15, -0.1) is 6.42 Å². The SMILES string of the molecule is C#CCSC1=C(C#N)C(c2ccc(Br)cc2)C2=C(CC(C)(C)CC2=O)N1. The molecule has 1 atom stereocenters. The van der Waals surface area contributed by atoms with Crippen LogP contribution in [-0.4, -0.2) is 11.5 Å². The van der Waals surface area contributed by atoms with Crippen molar-refractivity contribution in [1.82, 2.24) is 5.32 Å². The predicted molar refractivity (Wildman–Crippen MR) is 109 cm³/mol. The highest BCUT2D eigenvalue weighted by Crippen LogP contribution is 2.47. The number of halogens is 1. The van der Waals surface area contributed by atoms with Gasteiger partial charge in [-0.3, -0.25) is 4.79 Å². The second-order valence-electron chi connectivity index (χ2n) is 7.29. The van der Waals surface area contributed by atoms with Crippen molar-refractivity contribution in [2.75, 3.05) is 5.75 Å². The molecule has 26 heavy (non-hydrogen) atoms. The lowest BCUT2D eigenvalue weighted by Crippen LogP contribution is -2.36. The molecule has 0 saturated carbocycles. The van der Waals surface area contributed by atoms with E-state index in [0.717, 1.165) is 32.8 Å². The zero-order valence-corrected chi connectivity index (χ0v) is 17.1. The van der Waals surface area contributed by atoms with Gasteiger partial charge in [0, 0.05) is 22.2 Å². The topological polar surface area (TPSA) is 52.9 Å². The van der Waals surface area contributed by atoms with Gasteiger partial charge in [-0.2, -0.15) is 5.26 Å². The van der Waals surface area contributed by atoms with Crippen LogP contribution in [0.4, 0.5) is 0 Å². The van der Waals surface area contributed by atoms with Gasteiger partial charge in [0.1, 0.15) is 0 Å². The fraction of sp³-hybridized carbons (Fsp3) is 0.333. The third-order valence-electron chi connectivity index (χ3n) is 4.63. The molecule has 132 valence electrons. The zero-order chi connectivity index (χ0) is 18.9. The second-order valence-corrected chi connectivity index (χ2v) is 9.19. The smallest absolute Gasteiger partial charge is 0.162 e. The van der Waals surface area contributed by atoms with E-state index < -0.39 is 0 Å². The van der Waals surface area contributed by atoms with Crippen molar-refractivity contribution >= 4 is 33.5 Å². The number of Topliss-reactive ketones (excluding diaryl/α,β-unsaturated/α-hetero) is 1. The number of dihydropyridines is 1. The molecule has 0 saturated heterocycles. The molecule has 0 aromatic heterocycles. The predicted octanol–water partition coefficient (Wildman–Crippen LogP) is 4.88. The Balaban J connectivity index is 2.16. The molecule has 3 rings (SSSR count). The molecular formula is C21H19BrN2OS. The molecule has 0 fully saturated rings. The molecule has 1 unspecified atom stereocenters. The number of thioether (sulfide) groups is 1. The van der Waals surface area contributed by atoms with Crippen LogP contribution in [0.15, 0.2) is 50.6 Å². The van der Waals surface area contributed by atoms with E-state index >= 15 is 0 Å². The Hall–Kier alpha value is -1.95. The lowest BCUT2D eigenvalue weighted by atomic mass is 9.69. The number of ketones is 1. The first kappa shape index (κ1) is 18.8. The minimum absolute atomic E-state index is 0.0980. The third-order valence-corrected chi connectivity index (χ3v) is 6.08. The Kier molecular flexibility index (Phi) is 5.32. The highest BCUT2D eigenvalue weighted by atomic mass is 79.9. The summed E-state index contributed by atoms with van der Waals surface area (Å²) in [6.07, 6.45) is 6.69. The van der Waals surface area contributed by atoms with Crippen LogP contribution in [-0.2, 0) is 4.79 Å². The molecule has 1 aromatic carbocycles. The molecule has 1 heterocycles. The summed E-state index contributed by atoms with van der Waals surface area (Å²) in [5.41, 5.74) is 3.08. The number of hydrogen-bond donors (Lipinski definition) is 1. The Bertz CT molecular complexity index is 897. The average Bonchev–Trinajstić information content (AvgIpc) is 2.58. The molecule has 1 aliphatic carbocycles. The lowest BCUT2D eigenvalue weighted by Gasteiger charge is -2.39. The number of rotatable bonds is 3. The monoisotopic (exact) mass is 426 g/mol. The van der Waals surface area contributed by atoms with Crippen molar-refractivity contribution in [3.63, 3.8) is 0 Å². The number of nitriles is 1. The number of terminal acetylenes is 1. The van der Waals surface area contributed by atoms with Crippen LogP contribution < -0.4 is 5.32 Å². The van der Waals surface area contributed by atoms with Crippen molar-refractivity contribution in [2.45, 2.75) is 32.6 Å². The van der Waals surface area contributed by atoms with Crippen molar-refractivity contribution in [3.8, 4) is 18.4 Å². The molecule has 1 N–H and O–H groups in total. The van der Waals surface area contributed by atoms with Gasteiger partial charge in [-0.1, -0.05) is 59.6 Å². The first-order valence-corrected chi connectivity index (χ1v) is 10.1. The van der Waals surface area contributed by atoms with Crippen molar-refractivity contribution in [2.24, 2.45) is 5.41 Å². The molecule has 1 aromatic rings.